The third kappa shape index (κ3) is 2.20. The molecule has 5 N–H and O–H groups in total. The van der Waals surface area contributed by atoms with Gasteiger partial charge in [-0.3, -0.25) is 9.59 Å². The molecule has 0 radical (unpaired) electrons. The summed E-state index contributed by atoms with van der Waals surface area (Å²) in [6.07, 6.45) is 3.03. The van der Waals surface area contributed by atoms with Crippen LogP contribution in [0.4, 0.5) is 10.7 Å². The lowest BCUT2D eigenvalue weighted by Gasteiger charge is -2.38. The van der Waals surface area contributed by atoms with E-state index in [1.165, 1.54) is 18.3 Å². The Labute approximate surface area is 126 Å². The molecular formula is C14H19N3O3S. The van der Waals surface area contributed by atoms with Gasteiger partial charge in [0.2, 0.25) is 0 Å². The van der Waals surface area contributed by atoms with Crippen LogP contribution >= 0.6 is 11.3 Å². The molecule has 2 atom stereocenters. The van der Waals surface area contributed by atoms with Gasteiger partial charge in [-0.25, -0.2) is 0 Å². The number of fused-ring (bicyclic) bond motifs is 2. The number of Topliss-reactive ketones (excluding diaryl/α,β-unsaturated/α-hetero) is 1. The summed E-state index contributed by atoms with van der Waals surface area (Å²) in [6.45, 7) is 1.44. The van der Waals surface area contributed by atoms with Crippen LogP contribution in [0.5, 0.6) is 0 Å². The van der Waals surface area contributed by atoms with Crippen LogP contribution in [0.2, 0.25) is 0 Å². The molecule has 2 unspecified atom stereocenters. The highest BCUT2D eigenvalue weighted by atomic mass is 32.1. The average Bonchev–Trinajstić information content (AvgIpc) is 2.84. The zero-order chi connectivity index (χ0) is 15.3. The zero-order valence-electron chi connectivity index (χ0n) is 11.8. The molecule has 0 aromatic carbocycles. The van der Waals surface area contributed by atoms with Crippen molar-refractivity contribution >= 4 is 33.7 Å². The Morgan fingerprint density at radius 3 is 2.33 bits per heavy atom. The molecule has 7 heteroatoms. The van der Waals surface area contributed by atoms with E-state index < -0.39 is 5.91 Å². The standard InChI is InChI=1S/C14H19N3O3S/c1-6(18)12-11(15)10(13(16)20)14(21-12)17-7-2-3-8(17)5-9(19)4-7/h7-9,19H,2-5,15H2,1H3,(H2,16,20). The molecule has 2 saturated heterocycles. The fourth-order valence-electron chi connectivity index (χ4n) is 3.59. The van der Waals surface area contributed by atoms with Crippen LogP contribution in [0.1, 0.15) is 52.6 Å². The molecule has 1 aromatic rings. The van der Waals surface area contributed by atoms with Gasteiger partial charge in [-0.2, -0.15) is 0 Å². The molecule has 2 fully saturated rings. The topological polar surface area (TPSA) is 110 Å². The number of amides is 1. The number of hydrogen-bond donors (Lipinski definition) is 3. The predicted molar refractivity (Wildman–Crippen MR) is 81.8 cm³/mol. The van der Waals surface area contributed by atoms with Gasteiger partial charge in [-0.1, -0.05) is 0 Å². The number of nitrogens with two attached hydrogens (primary N) is 2. The molecule has 3 rings (SSSR count). The maximum absolute atomic E-state index is 11.8. The summed E-state index contributed by atoms with van der Waals surface area (Å²) in [5.41, 5.74) is 11.9. The van der Waals surface area contributed by atoms with Crippen LogP contribution in [-0.4, -0.2) is 35.0 Å². The number of nitrogens with zero attached hydrogens (tertiary/aromatic N) is 1. The molecular weight excluding hydrogens is 290 g/mol. The Morgan fingerprint density at radius 2 is 1.86 bits per heavy atom. The van der Waals surface area contributed by atoms with Crippen LogP contribution < -0.4 is 16.4 Å². The van der Waals surface area contributed by atoms with Gasteiger partial charge in [-0.05, 0) is 25.7 Å². The number of carbonyl (C=O) groups is 2. The third-order valence-corrected chi connectivity index (χ3v) is 5.76. The monoisotopic (exact) mass is 309 g/mol. The van der Waals surface area contributed by atoms with Crippen LogP contribution in [0.3, 0.4) is 0 Å². The lowest BCUT2D eigenvalue weighted by Crippen LogP contribution is -2.45. The molecule has 114 valence electrons. The molecule has 0 aliphatic carbocycles. The fraction of sp³-hybridized carbons (Fsp3) is 0.571. The van der Waals surface area contributed by atoms with Crippen molar-refractivity contribution in [1.82, 2.24) is 0 Å². The Balaban J connectivity index is 2.08. The maximum atomic E-state index is 11.8. The van der Waals surface area contributed by atoms with Crippen molar-refractivity contribution in [2.24, 2.45) is 5.73 Å². The minimum absolute atomic E-state index is 0.157. The molecule has 2 aliphatic rings. The minimum atomic E-state index is -0.600. The maximum Gasteiger partial charge on any atom is 0.253 e. The first-order chi connectivity index (χ1) is 9.90. The SMILES string of the molecule is CC(=O)c1sc(N2C3CCC2CC(O)C3)c(C(N)=O)c1N. The second kappa shape index (κ2) is 4.99. The lowest BCUT2D eigenvalue weighted by molar-refractivity contribution is 0.100. The Morgan fingerprint density at radius 1 is 1.29 bits per heavy atom. The van der Waals surface area contributed by atoms with Crippen molar-refractivity contribution in [3.63, 3.8) is 0 Å². The summed E-state index contributed by atoms with van der Waals surface area (Å²) in [5, 5.41) is 10.6. The summed E-state index contributed by atoms with van der Waals surface area (Å²) in [6, 6.07) is 0.379. The van der Waals surface area contributed by atoms with E-state index >= 15 is 0 Å². The zero-order valence-corrected chi connectivity index (χ0v) is 12.7. The number of piperidine rings is 1. The van der Waals surface area contributed by atoms with E-state index in [0.29, 0.717) is 22.7 Å². The normalized spacial score (nSPS) is 27.9. The first kappa shape index (κ1) is 14.3. The highest BCUT2D eigenvalue weighted by molar-refractivity contribution is 7.19. The number of ketones is 1. The van der Waals surface area contributed by atoms with Gasteiger partial charge in [-0.15, -0.1) is 11.3 Å². The molecule has 1 amide bonds. The smallest absolute Gasteiger partial charge is 0.253 e. The van der Waals surface area contributed by atoms with Crippen molar-refractivity contribution in [1.29, 1.82) is 0 Å². The van der Waals surface area contributed by atoms with Gasteiger partial charge in [0.1, 0.15) is 5.00 Å². The first-order valence-electron chi connectivity index (χ1n) is 7.09. The number of primary amides is 1. The highest BCUT2D eigenvalue weighted by Crippen LogP contribution is 2.46. The van der Waals surface area contributed by atoms with Crippen LogP contribution in [0.15, 0.2) is 0 Å². The van der Waals surface area contributed by atoms with Gasteiger partial charge >= 0.3 is 0 Å². The van der Waals surface area contributed by atoms with Crippen molar-refractivity contribution < 1.29 is 14.7 Å². The number of aliphatic hydroxyl groups is 1. The minimum Gasteiger partial charge on any atom is -0.397 e. The van der Waals surface area contributed by atoms with Gasteiger partial charge in [0.15, 0.2) is 5.78 Å². The summed E-state index contributed by atoms with van der Waals surface area (Å²) in [4.78, 5) is 26.0. The number of thiophene rings is 1. The van der Waals surface area contributed by atoms with Crippen molar-refractivity contribution in [2.75, 3.05) is 10.6 Å². The molecule has 0 spiro atoms. The second-order valence-corrected chi connectivity index (χ2v) is 6.86. The van der Waals surface area contributed by atoms with Crippen molar-refractivity contribution in [3.05, 3.63) is 10.4 Å². The Hall–Kier alpha value is -1.60. The summed E-state index contributed by atoms with van der Waals surface area (Å²) < 4.78 is 0. The summed E-state index contributed by atoms with van der Waals surface area (Å²) >= 11 is 1.25. The number of nitrogen functional groups attached to an aromatic ring is 1. The van der Waals surface area contributed by atoms with Gasteiger partial charge < -0.3 is 21.5 Å². The molecule has 1 aromatic heterocycles. The Bertz CT molecular complexity index is 599. The van der Waals surface area contributed by atoms with Crippen LogP contribution in [0.25, 0.3) is 0 Å². The van der Waals surface area contributed by atoms with E-state index in [4.69, 9.17) is 11.5 Å². The van der Waals surface area contributed by atoms with E-state index in [9.17, 15) is 14.7 Å². The highest BCUT2D eigenvalue weighted by Gasteiger charge is 2.43. The molecule has 0 saturated carbocycles. The predicted octanol–water partition coefficient (Wildman–Crippen LogP) is 1.12. The molecule has 3 heterocycles. The van der Waals surface area contributed by atoms with Crippen molar-refractivity contribution in [3.8, 4) is 0 Å². The number of anilines is 2. The molecule has 2 bridgehead atoms. The van der Waals surface area contributed by atoms with E-state index in [2.05, 4.69) is 4.90 Å². The van der Waals surface area contributed by atoms with Gasteiger partial charge in [0.05, 0.1) is 22.2 Å². The van der Waals surface area contributed by atoms with Gasteiger partial charge in [0.25, 0.3) is 5.91 Å². The van der Waals surface area contributed by atoms with E-state index in [0.717, 1.165) is 12.8 Å². The van der Waals surface area contributed by atoms with E-state index in [1.54, 1.807) is 0 Å². The van der Waals surface area contributed by atoms with Crippen LogP contribution in [-0.2, 0) is 0 Å². The first-order valence-corrected chi connectivity index (χ1v) is 7.91. The van der Waals surface area contributed by atoms with E-state index in [1.807, 2.05) is 0 Å². The molecule has 6 nitrogen and oxygen atoms in total. The third-order valence-electron chi connectivity index (χ3n) is 4.44. The van der Waals surface area contributed by atoms with Gasteiger partial charge in [0, 0.05) is 19.0 Å². The number of carbonyl (C=O) groups excluding carboxylic acids is 2. The number of hydrogen-bond acceptors (Lipinski definition) is 6. The molecule has 21 heavy (non-hydrogen) atoms. The number of rotatable bonds is 3. The lowest BCUT2D eigenvalue weighted by atomic mass is 9.99. The Kier molecular flexibility index (Phi) is 3.41. The largest absolute Gasteiger partial charge is 0.397 e. The summed E-state index contributed by atoms with van der Waals surface area (Å²) in [7, 11) is 0. The van der Waals surface area contributed by atoms with E-state index in [-0.39, 0.29) is 35.2 Å². The van der Waals surface area contributed by atoms with Crippen LogP contribution in [0, 0.1) is 0 Å². The quantitative estimate of drug-likeness (QED) is 0.725. The second-order valence-electron chi connectivity index (χ2n) is 5.86. The summed E-state index contributed by atoms with van der Waals surface area (Å²) in [5.74, 6) is -0.757. The molecule has 2 aliphatic heterocycles. The van der Waals surface area contributed by atoms with Crippen molar-refractivity contribution in [2.45, 2.75) is 50.8 Å². The number of aliphatic hydroxyl groups excluding tert-OH is 1. The average molecular weight is 309 g/mol. The fourth-order valence-corrected chi connectivity index (χ4v) is 4.86.